The highest BCUT2D eigenvalue weighted by molar-refractivity contribution is 7.91. The summed E-state index contributed by atoms with van der Waals surface area (Å²) in [5.74, 6) is 1.21. The molecule has 1 fully saturated rings. The first-order chi connectivity index (χ1) is 7.09. The number of sulfone groups is 1. The first-order valence-corrected chi connectivity index (χ1v) is 7.39. The molecule has 1 rings (SSSR count). The molecule has 2 atom stereocenters. The number of nitrogens with two attached hydrogens (primary N) is 1. The molecule has 15 heavy (non-hydrogen) atoms. The topological polar surface area (TPSA) is 69.4 Å². The third kappa shape index (κ3) is 4.09. The summed E-state index contributed by atoms with van der Waals surface area (Å²) in [5, 5.41) is 0. The predicted octanol–water partition coefficient (Wildman–Crippen LogP) is 0.423. The molecule has 0 radical (unpaired) electrons. The average Bonchev–Trinajstić information content (AvgIpc) is 2.54. The smallest absolute Gasteiger partial charge is 0.150 e. The summed E-state index contributed by atoms with van der Waals surface area (Å²) in [6, 6.07) is 0. The van der Waals surface area contributed by atoms with E-state index in [0.717, 1.165) is 12.8 Å². The second-order valence-corrected chi connectivity index (χ2v) is 6.37. The molecule has 4 nitrogen and oxygen atoms in total. The normalized spacial score (nSPS) is 26.7. The van der Waals surface area contributed by atoms with Crippen LogP contribution < -0.4 is 5.73 Å². The molecule has 1 heterocycles. The molecule has 0 aromatic rings. The van der Waals surface area contributed by atoms with Crippen LogP contribution in [0.3, 0.4) is 0 Å². The van der Waals surface area contributed by atoms with Crippen molar-refractivity contribution in [3.63, 3.8) is 0 Å². The summed E-state index contributed by atoms with van der Waals surface area (Å²) in [5.41, 5.74) is 5.67. The second-order valence-electron chi connectivity index (χ2n) is 4.14. The molecule has 0 spiro atoms. The van der Waals surface area contributed by atoms with Crippen LogP contribution in [-0.2, 0) is 14.6 Å². The van der Waals surface area contributed by atoms with E-state index in [1.165, 1.54) is 0 Å². The lowest BCUT2D eigenvalue weighted by Crippen LogP contribution is -2.25. The number of ether oxygens (including phenoxy) is 1. The van der Waals surface area contributed by atoms with Gasteiger partial charge in [0.2, 0.25) is 0 Å². The Bertz CT molecular complexity index is 276. The van der Waals surface area contributed by atoms with Crippen LogP contribution in [0.4, 0.5) is 0 Å². The Morgan fingerprint density at radius 2 is 2.27 bits per heavy atom. The van der Waals surface area contributed by atoms with Crippen molar-refractivity contribution in [1.29, 1.82) is 0 Å². The molecule has 5 heteroatoms. The predicted molar refractivity (Wildman–Crippen MR) is 60.4 cm³/mol. The summed E-state index contributed by atoms with van der Waals surface area (Å²) >= 11 is 0. The van der Waals surface area contributed by atoms with E-state index in [4.69, 9.17) is 10.5 Å². The van der Waals surface area contributed by atoms with Gasteiger partial charge in [-0.2, -0.15) is 0 Å². The molecule has 0 saturated carbocycles. The standard InChI is InChI=1S/C10H21NO3S/c1-2-14-5-3-9(7-11)10-4-6-15(12,13)8-10/h9-10H,2-8,11H2,1H3. The maximum absolute atomic E-state index is 11.3. The van der Waals surface area contributed by atoms with Crippen LogP contribution in [0.5, 0.6) is 0 Å². The zero-order valence-electron chi connectivity index (χ0n) is 9.31. The van der Waals surface area contributed by atoms with E-state index in [9.17, 15) is 8.42 Å². The van der Waals surface area contributed by atoms with E-state index in [0.29, 0.717) is 37.2 Å². The molecule has 1 aliphatic heterocycles. The van der Waals surface area contributed by atoms with Gasteiger partial charge in [0, 0.05) is 13.2 Å². The molecule has 0 aromatic carbocycles. The monoisotopic (exact) mass is 235 g/mol. The molecule has 1 saturated heterocycles. The van der Waals surface area contributed by atoms with E-state index in [1.807, 2.05) is 6.92 Å². The van der Waals surface area contributed by atoms with Gasteiger partial charge in [-0.3, -0.25) is 0 Å². The van der Waals surface area contributed by atoms with Crippen LogP contribution in [0.2, 0.25) is 0 Å². The Hall–Kier alpha value is -0.130. The third-order valence-corrected chi connectivity index (χ3v) is 4.87. The van der Waals surface area contributed by atoms with Crippen molar-refractivity contribution in [3.8, 4) is 0 Å². The van der Waals surface area contributed by atoms with E-state index in [1.54, 1.807) is 0 Å². The van der Waals surface area contributed by atoms with Crippen LogP contribution in [0.15, 0.2) is 0 Å². The lowest BCUT2D eigenvalue weighted by molar-refractivity contribution is 0.124. The van der Waals surface area contributed by atoms with Crippen LogP contribution in [0.25, 0.3) is 0 Å². The molecule has 0 amide bonds. The highest BCUT2D eigenvalue weighted by Gasteiger charge is 2.32. The molecular weight excluding hydrogens is 214 g/mol. The third-order valence-electron chi connectivity index (χ3n) is 3.07. The minimum atomic E-state index is -2.78. The molecule has 0 aliphatic carbocycles. The minimum absolute atomic E-state index is 0.250. The molecule has 0 aromatic heterocycles. The minimum Gasteiger partial charge on any atom is -0.382 e. The first-order valence-electron chi connectivity index (χ1n) is 5.57. The van der Waals surface area contributed by atoms with Crippen LogP contribution in [0.1, 0.15) is 19.8 Å². The van der Waals surface area contributed by atoms with E-state index < -0.39 is 9.84 Å². The van der Waals surface area contributed by atoms with Gasteiger partial charge in [0.25, 0.3) is 0 Å². The summed E-state index contributed by atoms with van der Waals surface area (Å²) in [7, 11) is -2.78. The van der Waals surface area contributed by atoms with Gasteiger partial charge in [-0.15, -0.1) is 0 Å². The van der Waals surface area contributed by atoms with Crippen molar-refractivity contribution in [2.75, 3.05) is 31.3 Å². The number of hydrogen-bond acceptors (Lipinski definition) is 4. The van der Waals surface area contributed by atoms with Crippen molar-refractivity contribution >= 4 is 9.84 Å². The quantitative estimate of drug-likeness (QED) is 0.678. The molecule has 0 bridgehead atoms. The Balaban J connectivity index is 2.39. The van der Waals surface area contributed by atoms with Crippen molar-refractivity contribution in [1.82, 2.24) is 0 Å². The zero-order chi connectivity index (χ0) is 11.3. The first kappa shape index (κ1) is 12.9. The van der Waals surface area contributed by atoms with Gasteiger partial charge in [-0.25, -0.2) is 8.42 Å². The van der Waals surface area contributed by atoms with Crippen molar-refractivity contribution in [3.05, 3.63) is 0 Å². The summed E-state index contributed by atoms with van der Waals surface area (Å²) in [4.78, 5) is 0. The summed E-state index contributed by atoms with van der Waals surface area (Å²) in [6.07, 6.45) is 1.65. The maximum Gasteiger partial charge on any atom is 0.150 e. The van der Waals surface area contributed by atoms with E-state index in [2.05, 4.69) is 0 Å². The fraction of sp³-hybridized carbons (Fsp3) is 1.00. The van der Waals surface area contributed by atoms with Gasteiger partial charge in [-0.1, -0.05) is 0 Å². The van der Waals surface area contributed by atoms with Gasteiger partial charge < -0.3 is 10.5 Å². The van der Waals surface area contributed by atoms with E-state index in [-0.39, 0.29) is 5.92 Å². The zero-order valence-corrected chi connectivity index (χ0v) is 10.1. The molecule has 2 N–H and O–H groups in total. The van der Waals surface area contributed by atoms with Crippen molar-refractivity contribution < 1.29 is 13.2 Å². The average molecular weight is 235 g/mol. The summed E-state index contributed by atoms with van der Waals surface area (Å²) in [6.45, 7) is 3.92. The van der Waals surface area contributed by atoms with Gasteiger partial charge in [-0.05, 0) is 38.1 Å². The number of hydrogen-bond donors (Lipinski definition) is 1. The Morgan fingerprint density at radius 1 is 1.53 bits per heavy atom. The fourth-order valence-electron chi connectivity index (χ4n) is 2.12. The van der Waals surface area contributed by atoms with Gasteiger partial charge in [0.15, 0.2) is 9.84 Å². The molecule has 90 valence electrons. The van der Waals surface area contributed by atoms with E-state index >= 15 is 0 Å². The second kappa shape index (κ2) is 5.82. The lowest BCUT2D eigenvalue weighted by atomic mass is 9.89. The Morgan fingerprint density at radius 3 is 2.73 bits per heavy atom. The number of rotatable bonds is 6. The van der Waals surface area contributed by atoms with Gasteiger partial charge in [0.1, 0.15) is 0 Å². The van der Waals surface area contributed by atoms with Crippen LogP contribution >= 0.6 is 0 Å². The van der Waals surface area contributed by atoms with Gasteiger partial charge >= 0.3 is 0 Å². The fourth-order valence-corrected chi connectivity index (χ4v) is 4.04. The molecule has 2 unspecified atom stereocenters. The molecular formula is C10H21NO3S. The Labute approximate surface area is 92.1 Å². The van der Waals surface area contributed by atoms with Gasteiger partial charge in [0.05, 0.1) is 11.5 Å². The Kier molecular flexibility index (Phi) is 5.02. The highest BCUT2D eigenvalue weighted by Crippen LogP contribution is 2.27. The molecule has 1 aliphatic rings. The van der Waals surface area contributed by atoms with Crippen molar-refractivity contribution in [2.24, 2.45) is 17.6 Å². The largest absolute Gasteiger partial charge is 0.382 e. The van der Waals surface area contributed by atoms with Crippen LogP contribution in [-0.4, -0.2) is 39.7 Å². The van der Waals surface area contributed by atoms with Crippen LogP contribution in [0, 0.1) is 11.8 Å². The highest BCUT2D eigenvalue weighted by atomic mass is 32.2. The maximum atomic E-state index is 11.3. The van der Waals surface area contributed by atoms with Crippen molar-refractivity contribution in [2.45, 2.75) is 19.8 Å². The lowest BCUT2D eigenvalue weighted by Gasteiger charge is -2.20. The SMILES string of the molecule is CCOCCC(CN)C1CCS(=O)(=O)C1. The summed E-state index contributed by atoms with van der Waals surface area (Å²) < 4.78 is 27.9.